The Morgan fingerprint density at radius 3 is 2.39 bits per heavy atom. The molecule has 3 heterocycles. The SMILES string of the molecule is O=C(c1ccc(Cl)cc1Cl)[C@@H]1[C@H](C(=O)c2ccc(F)cc2)[C@@]2(C(=O)Nc3ccccc32)[C@@H]2c3ccccc3C=CN12. The van der Waals surface area contributed by atoms with E-state index >= 15 is 0 Å². The summed E-state index contributed by atoms with van der Waals surface area (Å²) in [6.07, 6.45) is 3.67. The first-order chi connectivity index (χ1) is 19.8. The first-order valence-corrected chi connectivity index (χ1v) is 13.8. The summed E-state index contributed by atoms with van der Waals surface area (Å²) < 4.78 is 13.9. The molecular weight excluding hydrogens is 562 g/mol. The fraction of sp³-hybridized carbons (Fsp3) is 0.121. The van der Waals surface area contributed by atoms with Crippen LogP contribution >= 0.6 is 23.2 Å². The number of Topliss-reactive ketones (excluding diaryl/α,β-unsaturated/α-hetero) is 2. The summed E-state index contributed by atoms with van der Waals surface area (Å²) in [7, 11) is 0. The highest BCUT2D eigenvalue weighted by atomic mass is 35.5. The Morgan fingerprint density at radius 1 is 0.878 bits per heavy atom. The largest absolute Gasteiger partial charge is 0.358 e. The molecular formula is C33H21Cl2FN2O3. The van der Waals surface area contributed by atoms with Crippen molar-refractivity contribution in [3.8, 4) is 0 Å². The maximum absolute atomic E-state index is 14.7. The van der Waals surface area contributed by atoms with E-state index in [1.807, 2.05) is 53.4 Å². The Balaban J connectivity index is 1.54. The summed E-state index contributed by atoms with van der Waals surface area (Å²) >= 11 is 12.7. The Labute approximate surface area is 245 Å². The summed E-state index contributed by atoms with van der Waals surface area (Å²) in [5.41, 5.74) is 1.81. The van der Waals surface area contributed by atoms with E-state index in [0.717, 1.165) is 11.1 Å². The fourth-order valence-corrected chi connectivity index (χ4v) is 7.31. The van der Waals surface area contributed by atoms with Crippen LogP contribution in [0, 0.1) is 11.7 Å². The molecule has 1 amide bonds. The number of anilines is 1. The highest BCUT2D eigenvalue weighted by Gasteiger charge is 2.70. The lowest BCUT2D eigenvalue weighted by Gasteiger charge is -2.38. The minimum absolute atomic E-state index is 0.144. The summed E-state index contributed by atoms with van der Waals surface area (Å²) in [6.45, 7) is 0. The number of para-hydroxylation sites is 1. The van der Waals surface area contributed by atoms with E-state index in [1.165, 1.54) is 36.4 Å². The van der Waals surface area contributed by atoms with Crippen LogP contribution in [-0.2, 0) is 10.2 Å². The molecule has 0 radical (unpaired) electrons. The van der Waals surface area contributed by atoms with Gasteiger partial charge in [-0.25, -0.2) is 4.39 Å². The number of rotatable bonds is 4. The van der Waals surface area contributed by atoms with Crippen molar-refractivity contribution in [1.82, 2.24) is 4.90 Å². The van der Waals surface area contributed by atoms with Gasteiger partial charge in [0.25, 0.3) is 0 Å². The molecule has 1 N–H and O–H groups in total. The third-order valence-corrected chi connectivity index (χ3v) is 8.99. The smallest absolute Gasteiger partial charge is 0.238 e. The van der Waals surface area contributed by atoms with Crippen LogP contribution in [0.3, 0.4) is 0 Å². The van der Waals surface area contributed by atoms with Crippen LogP contribution in [0.5, 0.6) is 0 Å². The van der Waals surface area contributed by atoms with Crippen molar-refractivity contribution >= 4 is 52.4 Å². The van der Waals surface area contributed by atoms with Crippen LogP contribution < -0.4 is 5.32 Å². The monoisotopic (exact) mass is 582 g/mol. The van der Waals surface area contributed by atoms with Gasteiger partial charge in [-0.1, -0.05) is 65.7 Å². The lowest BCUT2D eigenvalue weighted by atomic mass is 9.62. The number of amides is 1. The molecule has 202 valence electrons. The van der Waals surface area contributed by atoms with E-state index < -0.39 is 40.8 Å². The second kappa shape index (κ2) is 9.40. The number of carbonyl (C=O) groups is 3. The first kappa shape index (κ1) is 25.7. The highest BCUT2D eigenvalue weighted by Crippen LogP contribution is 2.62. The van der Waals surface area contributed by atoms with Crippen molar-refractivity contribution in [2.45, 2.75) is 17.5 Å². The molecule has 4 atom stereocenters. The van der Waals surface area contributed by atoms with Crippen molar-refractivity contribution < 1.29 is 18.8 Å². The number of carbonyl (C=O) groups excluding carboxylic acids is 3. The topological polar surface area (TPSA) is 66.5 Å². The average Bonchev–Trinajstić information content (AvgIpc) is 3.45. The van der Waals surface area contributed by atoms with Gasteiger partial charge in [0.15, 0.2) is 11.6 Å². The maximum Gasteiger partial charge on any atom is 0.238 e. The second-order valence-corrected chi connectivity index (χ2v) is 11.3. The fourth-order valence-electron chi connectivity index (χ4n) is 6.81. The molecule has 0 saturated carbocycles. The lowest BCUT2D eigenvalue weighted by molar-refractivity contribution is -0.122. The second-order valence-electron chi connectivity index (χ2n) is 10.4. The predicted octanol–water partition coefficient (Wildman–Crippen LogP) is 7.11. The predicted molar refractivity (Wildman–Crippen MR) is 156 cm³/mol. The molecule has 41 heavy (non-hydrogen) atoms. The van der Waals surface area contributed by atoms with Crippen LogP contribution in [0.1, 0.15) is 43.4 Å². The van der Waals surface area contributed by atoms with Gasteiger partial charge in [-0.3, -0.25) is 14.4 Å². The van der Waals surface area contributed by atoms with E-state index in [0.29, 0.717) is 16.3 Å². The third kappa shape index (κ3) is 3.64. The Kier molecular flexibility index (Phi) is 5.89. The Hall–Kier alpha value is -4.26. The van der Waals surface area contributed by atoms with E-state index in [2.05, 4.69) is 5.32 Å². The van der Waals surface area contributed by atoms with Gasteiger partial charge in [-0.05, 0) is 71.3 Å². The minimum Gasteiger partial charge on any atom is -0.358 e. The normalized spacial score (nSPS) is 23.6. The molecule has 3 aliphatic heterocycles. The van der Waals surface area contributed by atoms with Gasteiger partial charge in [0, 0.05) is 28.0 Å². The zero-order valence-electron chi connectivity index (χ0n) is 21.4. The van der Waals surface area contributed by atoms with Crippen molar-refractivity contribution in [2.75, 3.05) is 5.32 Å². The molecule has 5 nitrogen and oxygen atoms in total. The molecule has 0 unspecified atom stereocenters. The van der Waals surface area contributed by atoms with Gasteiger partial charge in [0.1, 0.15) is 17.3 Å². The van der Waals surface area contributed by atoms with Crippen molar-refractivity contribution in [3.05, 3.63) is 141 Å². The third-order valence-electron chi connectivity index (χ3n) is 8.45. The molecule has 0 aromatic heterocycles. The number of fused-ring (bicyclic) bond motifs is 6. The summed E-state index contributed by atoms with van der Waals surface area (Å²) in [4.78, 5) is 45.4. The van der Waals surface area contributed by atoms with Crippen LogP contribution in [0.15, 0.2) is 97.2 Å². The van der Waals surface area contributed by atoms with E-state index in [4.69, 9.17) is 23.2 Å². The number of nitrogens with zero attached hydrogens (tertiary/aromatic N) is 1. The number of ketones is 2. The lowest BCUT2D eigenvalue weighted by Crippen LogP contribution is -2.49. The van der Waals surface area contributed by atoms with E-state index in [9.17, 15) is 18.8 Å². The molecule has 0 bridgehead atoms. The van der Waals surface area contributed by atoms with Gasteiger partial charge >= 0.3 is 0 Å². The molecule has 1 spiro atoms. The number of hydrogen-bond acceptors (Lipinski definition) is 4. The number of nitrogens with one attached hydrogen (secondary N) is 1. The summed E-state index contributed by atoms with van der Waals surface area (Å²) in [5.74, 6) is -2.93. The van der Waals surface area contributed by atoms with Gasteiger partial charge in [0.2, 0.25) is 5.91 Å². The molecule has 4 aromatic carbocycles. The number of benzene rings is 4. The molecule has 3 aliphatic rings. The van der Waals surface area contributed by atoms with Gasteiger partial charge in [0.05, 0.1) is 17.0 Å². The van der Waals surface area contributed by atoms with Gasteiger partial charge in [-0.15, -0.1) is 0 Å². The highest BCUT2D eigenvalue weighted by molar-refractivity contribution is 6.37. The van der Waals surface area contributed by atoms with E-state index in [1.54, 1.807) is 18.3 Å². The maximum atomic E-state index is 14.7. The molecule has 1 fully saturated rings. The summed E-state index contributed by atoms with van der Waals surface area (Å²) in [6, 6.07) is 22.9. The quantitative estimate of drug-likeness (QED) is 0.260. The molecule has 7 rings (SSSR count). The summed E-state index contributed by atoms with van der Waals surface area (Å²) in [5, 5.41) is 3.51. The number of hydrogen-bond donors (Lipinski definition) is 1. The zero-order valence-corrected chi connectivity index (χ0v) is 22.9. The Bertz CT molecular complexity index is 1800. The van der Waals surface area contributed by atoms with Crippen molar-refractivity contribution in [1.29, 1.82) is 0 Å². The molecule has 8 heteroatoms. The van der Waals surface area contributed by atoms with Crippen molar-refractivity contribution in [2.24, 2.45) is 5.92 Å². The molecule has 4 aromatic rings. The van der Waals surface area contributed by atoms with E-state index in [-0.39, 0.29) is 22.1 Å². The minimum atomic E-state index is -1.48. The van der Waals surface area contributed by atoms with Crippen LogP contribution in [0.25, 0.3) is 6.08 Å². The van der Waals surface area contributed by atoms with Gasteiger partial charge in [-0.2, -0.15) is 0 Å². The average molecular weight is 583 g/mol. The van der Waals surface area contributed by atoms with Crippen LogP contribution in [-0.4, -0.2) is 28.4 Å². The van der Waals surface area contributed by atoms with Crippen LogP contribution in [0.2, 0.25) is 10.0 Å². The van der Waals surface area contributed by atoms with Crippen molar-refractivity contribution in [3.63, 3.8) is 0 Å². The molecule has 0 aliphatic carbocycles. The Morgan fingerprint density at radius 2 is 1.61 bits per heavy atom. The standard InChI is InChI=1S/C33H21Cl2FN2O3/c34-20-11-14-23(25(35)17-20)30(40)28-27(29(39)19-9-12-21(36)13-10-19)33(24-7-3-4-8-26(24)37-32(33)41)31-22-6-2-1-5-18(22)15-16-38(28)31/h1-17,27-28,31H,(H,37,41)/t27-,28+,31+,33-/m1/s1. The number of halogens is 3. The zero-order chi connectivity index (χ0) is 28.5. The first-order valence-electron chi connectivity index (χ1n) is 13.1. The van der Waals surface area contributed by atoms with Gasteiger partial charge < -0.3 is 10.2 Å². The molecule has 1 saturated heterocycles. The van der Waals surface area contributed by atoms with Crippen LogP contribution in [0.4, 0.5) is 10.1 Å².